The number of nitrogens with zero attached hydrogens (tertiary/aromatic N) is 2. The molecule has 1 atom stereocenters. The van der Waals surface area contributed by atoms with Gasteiger partial charge in [-0.1, -0.05) is 0 Å². The number of fused-ring (bicyclic) bond motifs is 1. The SMILES string of the molecule is NC(=O)C1CCCN(CCNc2nc3c(c(=O)[nH]2)CCNC3)C1. The Kier molecular flexibility index (Phi) is 4.92. The normalized spacial score (nSPS) is 21.7. The minimum Gasteiger partial charge on any atom is -0.369 e. The Hall–Kier alpha value is -1.93. The van der Waals surface area contributed by atoms with Crippen LogP contribution in [0.1, 0.15) is 24.1 Å². The van der Waals surface area contributed by atoms with Crippen LogP contribution in [0.2, 0.25) is 0 Å². The van der Waals surface area contributed by atoms with E-state index >= 15 is 0 Å². The zero-order valence-corrected chi connectivity index (χ0v) is 13.2. The second kappa shape index (κ2) is 7.10. The van der Waals surface area contributed by atoms with Gasteiger partial charge in [-0.25, -0.2) is 4.98 Å². The molecule has 23 heavy (non-hydrogen) atoms. The van der Waals surface area contributed by atoms with Crippen LogP contribution in [-0.4, -0.2) is 53.5 Å². The summed E-state index contributed by atoms with van der Waals surface area (Å²) in [5, 5.41) is 6.40. The summed E-state index contributed by atoms with van der Waals surface area (Å²) in [6.07, 6.45) is 2.60. The summed E-state index contributed by atoms with van der Waals surface area (Å²) in [4.78, 5) is 32.8. The van der Waals surface area contributed by atoms with Crippen molar-refractivity contribution in [3.8, 4) is 0 Å². The largest absolute Gasteiger partial charge is 0.369 e. The van der Waals surface area contributed by atoms with Crippen molar-refractivity contribution in [2.75, 3.05) is 38.0 Å². The lowest BCUT2D eigenvalue weighted by Gasteiger charge is -2.31. The molecule has 5 N–H and O–H groups in total. The third-order valence-corrected chi connectivity index (χ3v) is 4.57. The summed E-state index contributed by atoms with van der Waals surface area (Å²) in [5.41, 5.74) is 6.96. The number of H-pyrrole nitrogens is 1. The standard InChI is InChI=1S/C15H24N6O2/c16-13(22)10-2-1-6-21(9-10)7-5-18-15-19-12-8-17-4-3-11(12)14(23)20-15/h10,17H,1-9H2,(H2,16,22)(H2,18,19,20,23). The van der Waals surface area contributed by atoms with Gasteiger partial charge in [0, 0.05) is 31.7 Å². The van der Waals surface area contributed by atoms with Crippen LogP contribution in [0.25, 0.3) is 0 Å². The molecule has 0 radical (unpaired) electrons. The predicted octanol–water partition coefficient (Wildman–Crippen LogP) is -0.975. The first-order chi connectivity index (χ1) is 11.1. The number of carbonyl (C=O) groups excluding carboxylic acids is 1. The summed E-state index contributed by atoms with van der Waals surface area (Å²) in [7, 11) is 0. The van der Waals surface area contributed by atoms with E-state index in [1.165, 1.54) is 0 Å². The first-order valence-corrected chi connectivity index (χ1v) is 8.22. The molecule has 2 aliphatic heterocycles. The molecule has 3 heterocycles. The number of amides is 1. The van der Waals surface area contributed by atoms with Crippen molar-refractivity contribution >= 4 is 11.9 Å². The fourth-order valence-corrected chi connectivity index (χ4v) is 3.28. The highest BCUT2D eigenvalue weighted by Gasteiger charge is 2.23. The van der Waals surface area contributed by atoms with Crippen LogP contribution in [0, 0.1) is 5.92 Å². The van der Waals surface area contributed by atoms with E-state index in [2.05, 4.69) is 25.5 Å². The number of likely N-dealkylation sites (tertiary alicyclic amines) is 1. The third kappa shape index (κ3) is 3.89. The molecule has 0 saturated carbocycles. The average molecular weight is 320 g/mol. The molecule has 0 bridgehead atoms. The van der Waals surface area contributed by atoms with Crippen molar-refractivity contribution in [1.29, 1.82) is 0 Å². The number of rotatable bonds is 5. The molecule has 1 fully saturated rings. The van der Waals surface area contributed by atoms with Gasteiger partial charge in [0.2, 0.25) is 11.9 Å². The number of nitrogens with two attached hydrogens (primary N) is 1. The van der Waals surface area contributed by atoms with Gasteiger partial charge in [0.1, 0.15) is 0 Å². The van der Waals surface area contributed by atoms with Crippen LogP contribution in [0.5, 0.6) is 0 Å². The zero-order valence-electron chi connectivity index (χ0n) is 13.2. The number of aromatic nitrogens is 2. The molecule has 8 heteroatoms. The lowest BCUT2D eigenvalue weighted by atomic mass is 9.97. The second-order valence-electron chi connectivity index (χ2n) is 6.24. The van der Waals surface area contributed by atoms with Crippen molar-refractivity contribution in [2.45, 2.75) is 25.8 Å². The van der Waals surface area contributed by atoms with Crippen LogP contribution >= 0.6 is 0 Å². The monoisotopic (exact) mass is 320 g/mol. The lowest BCUT2D eigenvalue weighted by molar-refractivity contribution is -0.123. The van der Waals surface area contributed by atoms with Gasteiger partial charge in [-0.05, 0) is 32.4 Å². The van der Waals surface area contributed by atoms with Crippen LogP contribution in [0.4, 0.5) is 5.95 Å². The number of nitrogens with one attached hydrogen (secondary N) is 3. The quantitative estimate of drug-likeness (QED) is 0.554. The van der Waals surface area contributed by atoms with Crippen molar-refractivity contribution in [3.63, 3.8) is 0 Å². The highest BCUT2D eigenvalue weighted by atomic mass is 16.1. The van der Waals surface area contributed by atoms with Crippen molar-refractivity contribution in [2.24, 2.45) is 11.7 Å². The van der Waals surface area contributed by atoms with Crippen LogP contribution < -0.4 is 21.9 Å². The number of aromatic amines is 1. The van der Waals surface area contributed by atoms with Crippen LogP contribution in [0.15, 0.2) is 4.79 Å². The number of anilines is 1. The molecule has 1 unspecified atom stereocenters. The maximum atomic E-state index is 12.0. The Labute approximate surface area is 134 Å². The van der Waals surface area contributed by atoms with Crippen LogP contribution in [0.3, 0.4) is 0 Å². The van der Waals surface area contributed by atoms with Crippen molar-refractivity contribution < 1.29 is 4.79 Å². The Morgan fingerprint density at radius 3 is 3.17 bits per heavy atom. The Morgan fingerprint density at radius 2 is 2.35 bits per heavy atom. The van der Waals surface area contributed by atoms with Gasteiger partial charge < -0.3 is 21.3 Å². The fraction of sp³-hybridized carbons (Fsp3) is 0.667. The van der Waals surface area contributed by atoms with E-state index < -0.39 is 0 Å². The summed E-state index contributed by atoms with van der Waals surface area (Å²) in [6.45, 7) is 4.61. The highest BCUT2D eigenvalue weighted by Crippen LogP contribution is 2.15. The smallest absolute Gasteiger partial charge is 0.255 e. The minimum atomic E-state index is -0.212. The molecule has 0 spiro atoms. The molecule has 8 nitrogen and oxygen atoms in total. The van der Waals surface area contributed by atoms with Crippen LogP contribution in [-0.2, 0) is 17.8 Å². The Bertz CT molecular complexity index is 629. The second-order valence-corrected chi connectivity index (χ2v) is 6.24. The van der Waals surface area contributed by atoms with Gasteiger partial charge >= 0.3 is 0 Å². The molecule has 1 saturated heterocycles. The Balaban J connectivity index is 1.54. The summed E-state index contributed by atoms with van der Waals surface area (Å²) < 4.78 is 0. The third-order valence-electron chi connectivity index (χ3n) is 4.57. The molecule has 126 valence electrons. The van der Waals surface area contributed by atoms with Gasteiger partial charge in [-0.15, -0.1) is 0 Å². The molecule has 1 aromatic heterocycles. The minimum absolute atomic E-state index is 0.0449. The topological polar surface area (TPSA) is 116 Å². The molecule has 2 aliphatic rings. The first-order valence-electron chi connectivity index (χ1n) is 8.22. The number of carbonyl (C=O) groups is 1. The number of hydrogen-bond donors (Lipinski definition) is 4. The molecule has 1 aromatic rings. The van der Waals surface area contributed by atoms with E-state index in [0.29, 0.717) is 19.0 Å². The van der Waals surface area contributed by atoms with Gasteiger partial charge in [0.05, 0.1) is 11.6 Å². The predicted molar refractivity (Wildman–Crippen MR) is 87.1 cm³/mol. The molecule has 1 amide bonds. The lowest BCUT2D eigenvalue weighted by Crippen LogP contribution is -2.43. The van der Waals surface area contributed by atoms with E-state index in [1.54, 1.807) is 0 Å². The highest BCUT2D eigenvalue weighted by molar-refractivity contribution is 5.76. The summed E-state index contributed by atoms with van der Waals surface area (Å²) in [6, 6.07) is 0. The van der Waals surface area contributed by atoms with E-state index in [-0.39, 0.29) is 17.4 Å². The number of piperidine rings is 1. The Morgan fingerprint density at radius 1 is 1.48 bits per heavy atom. The molecular weight excluding hydrogens is 296 g/mol. The van der Waals surface area contributed by atoms with Gasteiger partial charge in [0.15, 0.2) is 0 Å². The summed E-state index contributed by atoms with van der Waals surface area (Å²) in [5.74, 6) is 0.258. The fourth-order valence-electron chi connectivity index (χ4n) is 3.28. The maximum absolute atomic E-state index is 12.0. The van der Waals surface area contributed by atoms with Gasteiger partial charge in [-0.3, -0.25) is 14.6 Å². The van der Waals surface area contributed by atoms with E-state index in [0.717, 1.165) is 56.7 Å². The first kappa shape index (κ1) is 15.9. The number of primary amides is 1. The van der Waals surface area contributed by atoms with E-state index in [4.69, 9.17) is 5.73 Å². The average Bonchev–Trinajstić information content (AvgIpc) is 2.55. The molecule has 0 aliphatic carbocycles. The van der Waals surface area contributed by atoms with E-state index in [9.17, 15) is 9.59 Å². The molecule has 0 aromatic carbocycles. The zero-order chi connectivity index (χ0) is 16.2. The summed E-state index contributed by atoms with van der Waals surface area (Å²) >= 11 is 0. The molecule has 3 rings (SSSR count). The van der Waals surface area contributed by atoms with Crippen molar-refractivity contribution in [1.82, 2.24) is 20.2 Å². The maximum Gasteiger partial charge on any atom is 0.255 e. The molecular formula is C15H24N6O2. The van der Waals surface area contributed by atoms with E-state index in [1.807, 2.05) is 0 Å². The van der Waals surface area contributed by atoms with Gasteiger partial charge in [-0.2, -0.15) is 0 Å². The van der Waals surface area contributed by atoms with Gasteiger partial charge in [0.25, 0.3) is 5.56 Å². The number of hydrogen-bond acceptors (Lipinski definition) is 6. The van der Waals surface area contributed by atoms with Crippen molar-refractivity contribution in [3.05, 3.63) is 21.6 Å².